The average molecular weight is 256 g/mol. The Balaban J connectivity index is 1.54. The van der Waals surface area contributed by atoms with Crippen molar-refractivity contribution in [3.63, 3.8) is 0 Å². The zero-order valence-corrected chi connectivity index (χ0v) is 12.4. The van der Waals surface area contributed by atoms with Crippen LogP contribution in [0.4, 0.5) is 0 Å². The van der Waals surface area contributed by atoms with E-state index in [2.05, 4.69) is 37.3 Å². The van der Waals surface area contributed by atoms with Crippen molar-refractivity contribution in [2.75, 3.05) is 0 Å². The van der Waals surface area contributed by atoms with Gasteiger partial charge < -0.3 is 0 Å². The van der Waals surface area contributed by atoms with Crippen LogP contribution in [-0.2, 0) is 0 Å². The van der Waals surface area contributed by atoms with Gasteiger partial charge in [-0.15, -0.1) is 0 Å². The van der Waals surface area contributed by atoms with E-state index in [0.29, 0.717) is 0 Å². The van der Waals surface area contributed by atoms with Crippen LogP contribution in [0.3, 0.4) is 0 Å². The van der Waals surface area contributed by atoms with Crippen LogP contribution in [0.5, 0.6) is 0 Å². The van der Waals surface area contributed by atoms with Gasteiger partial charge in [-0.05, 0) is 61.3 Å². The molecule has 2 unspecified atom stereocenters. The van der Waals surface area contributed by atoms with Crippen molar-refractivity contribution < 1.29 is 0 Å². The lowest BCUT2D eigenvalue weighted by atomic mass is 9.68. The fraction of sp³-hybridized carbons (Fsp3) is 0.684. The first-order valence-electron chi connectivity index (χ1n) is 8.38. The molecule has 0 N–H and O–H groups in total. The molecule has 0 saturated heterocycles. The maximum Gasteiger partial charge on any atom is -0.0162 e. The minimum Gasteiger partial charge on any atom is -0.0625 e. The molecule has 2 saturated carbocycles. The first kappa shape index (κ1) is 13.2. The van der Waals surface area contributed by atoms with Crippen molar-refractivity contribution in [1.29, 1.82) is 0 Å². The van der Waals surface area contributed by atoms with Gasteiger partial charge >= 0.3 is 0 Å². The van der Waals surface area contributed by atoms with Crippen LogP contribution >= 0.6 is 0 Å². The monoisotopic (exact) mass is 256 g/mol. The summed E-state index contributed by atoms with van der Waals surface area (Å²) in [5, 5.41) is 0. The van der Waals surface area contributed by atoms with E-state index >= 15 is 0 Å². The molecule has 2 atom stereocenters. The Hall–Kier alpha value is -0.780. The highest BCUT2D eigenvalue weighted by atomic mass is 14.4. The van der Waals surface area contributed by atoms with Crippen molar-refractivity contribution in [1.82, 2.24) is 0 Å². The van der Waals surface area contributed by atoms with Gasteiger partial charge in [0.25, 0.3) is 0 Å². The molecule has 0 heteroatoms. The SMILES string of the molecule is CC1CCCC(C2CCC(c3ccccc3)CC2)C1. The Kier molecular flexibility index (Phi) is 4.25. The molecular formula is C19H28. The van der Waals surface area contributed by atoms with E-state index in [-0.39, 0.29) is 0 Å². The minimum absolute atomic E-state index is 0.846. The van der Waals surface area contributed by atoms with E-state index in [0.717, 1.165) is 23.7 Å². The van der Waals surface area contributed by atoms with Crippen LogP contribution in [0.15, 0.2) is 30.3 Å². The number of rotatable bonds is 2. The smallest absolute Gasteiger partial charge is 0.0162 e. The molecule has 3 rings (SSSR count). The van der Waals surface area contributed by atoms with E-state index < -0.39 is 0 Å². The van der Waals surface area contributed by atoms with Gasteiger partial charge in [0, 0.05) is 0 Å². The number of hydrogen-bond donors (Lipinski definition) is 0. The second-order valence-electron chi connectivity index (χ2n) is 7.05. The second kappa shape index (κ2) is 6.11. The molecule has 0 spiro atoms. The zero-order chi connectivity index (χ0) is 13.1. The van der Waals surface area contributed by atoms with Crippen molar-refractivity contribution in [2.24, 2.45) is 17.8 Å². The van der Waals surface area contributed by atoms with Crippen LogP contribution in [-0.4, -0.2) is 0 Å². The molecule has 2 aliphatic carbocycles. The van der Waals surface area contributed by atoms with Crippen LogP contribution in [0, 0.1) is 17.8 Å². The normalized spacial score (nSPS) is 36.1. The molecular weight excluding hydrogens is 228 g/mol. The summed E-state index contributed by atoms with van der Waals surface area (Å²) < 4.78 is 0. The van der Waals surface area contributed by atoms with Gasteiger partial charge in [-0.1, -0.05) is 56.5 Å². The van der Waals surface area contributed by atoms with E-state index in [4.69, 9.17) is 0 Å². The van der Waals surface area contributed by atoms with Gasteiger partial charge in [-0.3, -0.25) is 0 Å². The van der Waals surface area contributed by atoms with Gasteiger partial charge in [0.05, 0.1) is 0 Å². The molecule has 2 fully saturated rings. The summed E-state index contributed by atoms with van der Waals surface area (Å²) in [5.74, 6) is 3.94. The third-order valence-electron chi connectivity index (χ3n) is 5.69. The fourth-order valence-corrected chi connectivity index (χ4v) is 4.56. The standard InChI is InChI=1S/C19H28/c1-15-6-5-9-19(14-15)18-12-10-17(11-13-18)16-7-3-2-4-8-16/h2-4,7-8,15,17-19H,5-6,9-14H2,1H3. The summed E-state index contributed by atoms with van der Waals surface area (Å²) in [7, 11) is 0. The van der Waals surface area contributed by atoms with Crippen molar-refractivity contribution in [2.45, 2.75) is 64.2 Å². The summed E-state index contributed by atoms with van der Waals surface area (Å²) in [5.41, 5.74) is 1.58. The van der Waals surface area contributed by atoms with Crippen molar-refractivity contribution in [3.05, 3.63) is 35.9 Å². The van der Waals surface area contributed by atoms with Gasteiger partial charge in [-0.2, -0.15) is 0 Å². The van der Waals surface area contributed by atoms with Gasteiger partial charge in [0.15, 0.2) is 0 Å². The highest BCUT2D eigenvalue weighted by Crippen LogP contribution is 2.43. The lowest BCUT2D eigenvalue weighted by Gasteiger charge is -2.37. The van der Waals surface area contributed by atoms with E-state index in [1.807, 2.05) is 0 Å². The second-order valence-corrected chi connectivity index (χ2v) is 7.05. The fourth-order valence-electron chi connectivity index (χ4n) is 4.56. The average Bonchev–Trinajstić information content (AvgIpc) is 2.48. The van der Waals surface area contributed by atoms with Gasteiger partial charge in [0.2, 0.25) is 0 Å². The molecule has 1 aromatic rings. The maximum absolute atomic E-state index is 2.46. The predicted molar refractivity (Wildman–Crippen MR) is 82.3 cm³/mol. The number of hydrogen-bond acceptors (Lipinski definition) is 0. The third kappa shape index (κ3) is 3.22. The first-order valence-corrected chi connectivity index (χ1v) is 8.38. The number of benzene rings is 1. The molecule has 2 aliphatic rings. The van der Waals surface area contributed by atoms with Crippen LogP contribution in [0.2, 0.25) is 0 Å². The molecule has 104 valence electrons. The third-order valence-corrected chi connectivity index (χ3v) is 5.69. The summed E-state index contributed by atoms with van der Waals surface area (Å²) in [6.07, 6.45) is 11.8. The van der Waals surface area contributed by atoms with Gasteiger partial charge in [0.1, 0.15) is 0 Å². The molecule has 0 aliphatic heterocycles. The summed E-state index contributed by atoms with van der Waals surface area (Å²) in [4.78, 5) is 0. The Labute approximate surface area is 118 Å². The van der Waals surface area contributed by atoms with Crippen molar-refractivity contribution >= 4 is 0 Å². The van der Waals surface area contributed by atoms with E-state index in [1.165, 1.54) is 51.4 Å². The lowest BCUT2D eigenvalue weighted by molar-refractivity contribution is 0.159. The highest BCUT2D eigenvalue weighted by Gasteiger charge is 2.30. The minimum atomic E-state index is 0.846. The summed E-state index contributed by atoms with van der Waals surface area (Å²) >= 11 is 0. The predicted octanol–water partition coefficient (Wildman–Crippen LogP) is 5.79. The molecule has 0 nitrogen and oxygen atoms in total. The highest BCUT2D eigenvalue weighted by molar-refractivity contribution is 5.19. The Morgan fingerprint density at radius 3 is 2.21 bits per heavy atom. The topological polar surface area (TPSA) is 0 Å². The van der Waals surface area contributed by atoms with Crippen LogP contribution in [0.1, 0.15) is 69.8 Å². The maximum atomic E-state index is 2.46. The Bertz CT molecular complexity index is 372. The largest absolute Gasteiger partial charge is 0.0625 e. The molecule has 0 aromatic heterocycles. The van der Waals surface area contributed by atoms with Crippen LogP contribution < -0.4 is 0 Å². The summed E-state index contributed by atoms with van der Waals surface area (Å²) in [6, 6.07) is 11.2. The van der Waals surface area contributed by atoms with E-state index in [9.17, 15) is 0 Å². The first-order chi connectivity index (χ1) is 9.33. The molecule has 1 aromatic carbocycles. The molecule has 0 amide bonds. The molecule has 0 radical (unpaired) electrons. The Morgan fingerprint density at radius 1 is 0.789 bits per heavy atom. The van der Waals surface area contributed by atoms with Crippen LogP contribution in [0.25, 0.3) is 0 Å². The Morgan fingerprint density at radius 2 is 1.53 bits per heavy atom. The summed E-state index contributed by atoms with van der Waals surface area (Å²) in [6.45, 7) is 2.46. The lowest BCUT2D eigenvalue weighted by Crippen LogP contribution is -2.25. The van der Waals surface area contributed by atoms with Gasteiger partial charge in [-0.25, -0.2) is 0 Å². The molecule has 19 heavy (non-hydrogen) atoms. The molecule has 0 bridgehead atoms. The molecule has 0 heterocycles. The zero-order valence-electron chi connectivity index (χ0n) is 12.4. The van der Waals surface area contributed by atoms with Crippen molar-refractivity contribution in [3.8, 4) is 0 Å². The van der Waals surface area contributed by atoms with E-state index in [1.54, 1.807) is 5.56 Å². The quantitative estimate of drug-likeness (QED) is 0.628.